The summed E-state index contributed by atoms with van der Waals surface area (Å²) in [4.78, 5) is 0. The molecule has 0 saturated carbocycles. The van der Waals surface area contributed by atoms with Crippen molar-refractivity contribution >= 4 is 0 Å². The van der Waals surface area contributed by atoms with E-state index >= 15 is 0 Å². The molecule has 0 fully saturated rings. The Bertz CT molecular complexity index is 321. The van der Waals surface area contributed by atoms with Crippen LogP contribution >= 0.6 is 0 Å². The molecule has 1 aromatic rings. The lowest BCUT2D eigenvalue weighted by atomic mass is 10.0. The molecule has 0 amide bonds. The molecule has 18 heavy (non-hydrogen) atoms. The molecular formula is C16H26O2. The van der Waals surface area contributed by atoms with Gasteiger partial charge in [0.25, 0.3) is 0 Å². The fraction of sp³-hybridized carbons (Fsp3) is 0.625. The molecule has 0 heterocycles. The van der Waals surface area contributed by atoms with Gasteiger partial charge in [0.2, 0.25) is 0 Å². The van der Waals surface area contributed by atoms with Crippen LogP contribution in [0.3, 0.4) is 0 Å². The molecule has 0 saturated heterocycles. The smallest absolute Gasteiger partial charge is 0.194 e. The zero-order chi connectivity index (χ0) is 13.2. The second kappa shape index (κ2) is 8.98. The van der Waals surface area contributed by atoms with Crippen LogP contribution in [-0.2, 0) is 6.42 Å². The van der Waals surface area contributed by atoms with Gasteiger partial charge in [-0.25, -0.2) is 0 Å². The van der Waals surface area contributed by atoms with E-state index in [0.29, 0.717) is 0 Å². The average molecular weight is 250 g/mol. The van der Waals surface area contributed by atoms with Gasteiger partial charge in [0.05, 0.1) is 0 Å². The fourth-order valence-electron chi connectivity index (χ4n) is 2.08. The van der Waals surface area contributed by atoms with Gasteiger partial charge < -0.3 is 9.84 Å². The van der Waals surface area contributed by atoms with E-state index in [9.17, 15) is 5.11 Å². The number of aryl methyl sites for hydroxylation is 1. The summed E-state index contributed by atoms with van der Waals surface area (Å²) in [5.41, 5.74) is 1.30. The average Bonchev–Trinajstić information content (AvgIpc) is 2.33. The Morgan fingerprint density at radius 2 is 1.83 bits per heavy atom. The number of rotatable bonds is 9. The number of ether oxygens (including phenoxy) is 1. The summed E-state index contributed by atoms with van der Waals surface area (Å²) in [6.45, 7) is 3.87. The zero-order valence-electron chi connectivity index (χ0n) is 11.7. The second-order valence-electron chi connectivity index (χ2n) is 4.88. The van der Waals surface area contributed by atoms with E-state index in [1.54, 1.807) is 6.92 Å². The molecule has 1 N–H and O–H groups in total. The molecule has 0 bridgehead atoms. The molecule has 102 valence electrons. The first-order valence-corrected chi connectivity index (χ1v) is 7.16. The lowest BCUT2D eigenvalue weighted by molar-refractivity contribution is -0.000336. The third kappa shape index (κ3) is 6.65. The molecule has 0 aromatic heterocycles. The largest absolute Gasteiger partial charge is 0.465 e. The van der Waals surface area contributed by atoms with Gasteiger partial charge in [0.15, 0.2) is 6.29 Å². The minimum absolute atomic E-state index is 0.741. The van der Waals surface area contributed by atoms with E-state index in [-0.39, 0.29) is 0 Å². The van der Waals surface area contributed by atoms with E-state index in [0.717, 1.165) is 12.2 Å². The van der Waals surface area contributed by atoms with Gasteiger partial charge in [-0.05, 0) is 37.5 Å². The first kappa shape index (κ1) is 15.0. The van der Waals surface area contributed by atoms with Gasteiger partial charge in [-0.3, -0.25) is 0 Å². The van der Waals surface area contributed by atoms with Crippen LogP contribution in [0.5, 0.6) is 5.75 Å². The first-order valence-electron chi connectivity index (χ1n) is 7.16. The normalized spacial score (nSPS) is 12.4. The predicted molar refractivity (Wildman–Crippen MR) is 75.8 cm³/mol. The van der Waals surface area contributed by atoms with Crippen LogP contribution in [0.2, 0.25) is 0 Å². The highest BCUT2D eigenvalue weighted by Gasteiger charge is 2.00. The van der Waals surface area contributed by atoms with Crippen molar-refractivity contribution < 1.29 is 9.84 Å². The van der Waals surface area contributed by atoms with Gasteiger partial charge in [-0.15, -0.1) is 0 Å². The topological polar surface area (TPSA) is 29.5 Å². The maximum Gasteiger partial charge on any atom is 0.194 e. The standard InChI is InChI=1S/C16H26O2/c1-3-4-5-6-7-8-10-15-11-9-12-16(13-15)18-14(2)17/h9,11-14,17H,3-8,10H2,1-2H3. The van der Waals surface area contributed by atoms with Crippen molar-refractivity contribution in [1.82, 2.24) is 0 Å². The van der Waals surface area contributed by atoms with E-state index < -0.39 is 6.29 Å². The van der Waals surface area contributed by atoms with Gasteiger partial charge in [-0.1, -0.05) is 51.2 Å². The molecule has 1 aromatic carbocycles. The maximum atomic E-state index is 9.17. The number of hydrogen-bond donors (Lipinski definition) is 1. The summed E-state index contributed by atoms with van der Waals surface area (Å²) in [6.07, 6.45) is 8.27. The molecule has 0 aliphatic rings. The highest BCUT2D eigenvalue weighted by atomic mass is 16.6. The SMILES string of the molecule is CCCCCCCCc1cccc(OC(C)O)c1. The molecule has 1 rings (SSSR count). The highest BCUT2D eigenvalue weighted by molar-refractivity contribution is 5.28. The minimum atomic E-state index is -0.741. The van der Waals surface area contributed by atoms with E-state index in [2.05, 4.69) is 13.0 Å². The molecule has 2 heteroatoms. The summed E-state index contributed by atoms with van der Waals surface area (Å²) in [7, 11) is 0. The quantitative estimate of drug-likeness (QED) is 0.523. The third-order valence-corrected chi connectivity index (χ3v) is 3.02. The molecule has 0 aliphatic heterocycles. The number of unbranched alkanes of at least 4 members (excludes halogenated alkanes) is 5. The van der Waals surface area contributed by atoms with Crippen molar-refractivity contribution in [2.45, 2.75) is 65.1 Å². The maximum absolute atomic E-state index is 9.17. The number of aliphatic hydroxyl groups is 1. The van der Waals surface area contributed by atoms with Crippen molar-refractivity contribution in [1.29, 1.82) is 0 Å². The summed E-state index contributed by atoms with van der Waals surface area (Å²) in [6, 6.07) is 8.03. The summed E-state index contributed by atoms with van der Waals surface area (Å²) < 4.78 is 5.27. The molecule has 1 unspecified atom stereocenters. The summed E-state index contributed by atoms with van der Waals surface area (Å²) >= 11 is 0. The van der Waals surface area contributed by atoms with Crippen LogP contribution in [0.1, 0.15) is 57.9 Å². The molecule has 0 radical (unpaired) electrons. The van der Waals surface area contributed by atoms with Gasteiger partial charge in [0.1, 0.15) is 5.75 Å². The Hall–Kier alpha value is -1.02. The lowest BCUT2D eigenvalue weighted by Crippen LogP contribution is -2.09. The number of hydrogen-bond acceptors (Lipinski definition) is 2. The van der Waals surface area contributed by atoms with Crippen LogP contribution in [0, 0.1) is 0 Å². The third-order valence-electron chi connectivity index (χ3n) is 3.02. The van der Waals surface area contributed by atoms with Crippen molar-refractivity contribution in [3.8, 4) is 5.75 Å². The van der Waals surface area contributed by atoms with Crippen molar-refractivity contribution in [3.63, 3.8) is 0 Å². The Kier molecular flexibility index (Phi) is 7.51. The van der Waals surface area contributed by atoms with Crippen LogP contribution < -0.4 is 4.74 Å². The van der Waals surface area contributed by atoms with Gasteiger partial charge in [-0.2, -0.15) is 0 Å². The molecular weight excluding hydrogens is 224 g/mol. The highest BCUT2D eigenvalue weighted by Crippen LogP contribution is 2.17. The van der Waals surface area contributed by atoms with Crippen molar-refractivity contribution in [2.24, 2.45) is 0 Å². The zero-order valence-corrected chi connectivity index (χ0v) is 11.7. The minimum Gasteiger partial charge on any atom is -0.465 e. The molecule has 2 nitrogen and oxygen atoms in total. The molecule has 0 aliphatic carbocycles. The monoisotopic (exact) mass is 250 g/mol. The summed E-state index contributed by atoms with van der Waals surface area (Å²) in [5.74, 6) is 0.758. The second-order valence-corrected chi connectivity index (χ2v) is 4.88. The number of benzene rings is 1. The predicted octanol–water partition coefficient (Wildman–Crippen LogP) is 4.31. The number of aliphatic hydroxyl groups excluding tert-OH is 1. The van der Waals surface area contributed by atoms with Gasteiger partial charge in [0, 0.05) is 0 Å². The van der Waals surface area contributed by atoms with Crippen LogP contribution in [0.15, 0.2) is 24.3 Å². The van der Waals surface area contributed by atoms with E-state index in [1.807, 2.05) is 18.2 Å². The van der Waals surface area contributed by atoms with Crippen LogP contribution in [0.25, 0.3) is 0 Å². The van der Waals surface area contributed by atoms with E-state index in [4.69, 9.17) is 4.74 Å². The molecule has 0 spiro atoms. The van der Waals surface area contributed by atoms with Crippen LogP contribution in [0.4, 0.5) is 0 Å². The lowest BCUT2D eigenvalue weighted by Gasteiger charge is -2.10. The Morgan fingerprint density at radius 1 is 1.11 bits per heavy atom. The van der Waals surface area contributed by atoms with E-state index in [1.165, 1.54) is 44.1 Å². The van der Waals surface area contributed by atoms with Crippen molar-refractivity contribution in [2.75, 3.05) is 0 Å². The Morgan fingerprint density at radius 3 is 2.56 bits per heavy atom. The summed E-state index contributed by atoms with van der Waals surface area (Å²) in [5, 5.41) is 9.17. The Balaban J connectivity index is 2.25. The van der Waals surface area contributed by atoms with Crippen LogP contribution in [-0.4, -0.2) is 11.4 Å². The molecule has 1 atom stereocenters. The van der Waals surface area contributed by atoms with Gasteiger partial charge >= 0.3 is 0 Å². The first-order chi connectivity index (χ1) is 8.72. The Labute approximate surface area is 111 Å². The van der Waals surface area contributed by atoms with Crippen molar-refractivity contribution in [3.05, 3.63) is 29.8 Å². The fourth-order valence-corrected chi connectivity index (χ4v) is 2.08.